The largest absolute Gasteiger partial charge is 0.409 e. The fraction of sp³-hybridized carbons (Fsp3) is 0.125. The molecule has 0 fully saturated rings. The fourth-order valence-electron chi connectivity index (χ4n) is 0.834. The Labute approximate surface area is 69.6 Å². The van der Waals surface area contributed by atoms with Gasteiger partial charge >= 0.3 is 0 Å². The van der Waals surface area contributed by atoms with E-state index in [1.807, 2.05) is 31.3 Å². The first-order valence-corrected chi connectivity index (χ1v) is 4.31. The third kappa shape index (κ3) is 1.82. The summed E-state index contributed by atoms with van der Waals surface area (Å²) in [5.74, 6) is 0. The summed E-state index contributed by atoms with van der Waals surface area (Å²) in [6, 6.07) is 9.69. The van der Waals surface area contributed by atoms with Gasteiger partial charge in [0.15, 0.2) is 0 Å². The molecular weight excluding hydrogens is 152 g/mol. The van der Waals surface area contributed by atoms with Gasteiger partial charge in [-0.3, -0.25) is 0 Å². The zero-order valence-corrected chi connectivity index (χ0v) is 8.70. The molecule has 0 radical (unpaired) electrons. The van der Waals surface area contributed by atoms with Gasteiger partial charge in [-0.15, -0.1) is 0 Å². The van der Waals surface area contributed by atoms with Gasteiger partial charge in [0.25, 0.3) is 0 Å². The van der Waals surface area contributed by atoms with Crippen molar-refractivity contribution < 1.29 is 0 Å². The predicted octanol–water partition coefficient (Wildman–Crippen LogP) is 0.275. The molecule has 1 aromatic rings. The van der Waals surface area contributed by atoms with Crippen molar-refractivity contribution in [2.24, 2.45) is 0 Å². The maximum Gasteiger partial charge on any atom is 0.107 e. The van der Waals surface area contributed by atoms with E-state index in [0.29, 0.717) is 0 Å². The predicted molar refractivity (Wildman–Crippen MR) is 49.5 cm³/mol. The molecule has 0 saturated heterocycles. The van der Waals surface area contributed by atoms with E-state index in [1.54, 1.807) is 0 Å². The molecule has 1 aromatic carbocycles. The van der Waals surface area contributed by atoms with E-state index in [1.165, 1.54) is 5.69 Å². The summed E-state index contributed by atoms with van der Waals surface area (Å²) in [7, 11) is 3.04. The molecule has 1 rings (SSSR count). The highest BCUT2D eigenvalue weighted by molar-refractivity contribution is 6.17. The van der Waals surface area contributed by atoms with Gasteiger partial charge in [-0.25, -0.2) is 0 Å². The molecule has 2 nitrogen and oxygen atoms in total. The summed E-state index contributed by atoms with van der Waals surface area (Å²) in [6.45, 7) is 0. The Bertz CT molecular complexity index is 271. The highest BCUT2D eigenvalue weighted by atomic mass is 28.2. The highest BCUT2D eigenvalue weighted by Crippen LogP contribution is 2.10. The van der Waals surface area contributed by atoms with Gasteiger partial charge in [0.1, 0.15) is 10.4 Å². The first kappa shape index (κ1) is 7.83. The van der Waals surface area contributed by atoms with Crippen LogP contribution in [0.15, 0.2) is 24.3 Å². The standard InChI is InChI=1S/C8H10N2Si/c1-10(11)8-4-2-7(6-9)3-5-8/h2-5H,1,11H3. The van der Waals surface area contributed by atoms with E-state index in [2.05, 4.69) is 10.6 Å². The number of nitrogens with zero attached hydrogens (tertiary/aromatic N) is 2. The molecule has 0 heterocycles. The van der Waals surface area contributed by atoms with Crippen LogP contribution in [0.25, 0.3) is 0 Å². The van der Waals surface area contributed by atoms with Crippen LogP contribution < -0.4 is 4.57 Å². The second-order valence-electron chi connectivity index (χ2n) is 2.55. The van der Waals surface area contributed by atoms with Gasteiger partial charge in [-0.05, 0) is 31.3 Å². The van der Waals surface area contributed by atoms with Gasteiger partial charge in [0, 0.05) is 5.69 Å². The molecule has 3 heteroatoms. The van der Waals surface area contributed by atoms with E-state index in [0.717, 1.165) is 16.0 Å². The Kier molecular flexibility index (Phi) is 2.29. The van der Waals surface area contributed by atoms with E-state index in [9.17, 15) is 0 Å². The normalized spacial score (nSPS) is 9.09. The molecule has 56 valence electrons. The van der Waals surface area contributed by atoms with E-state index in [-0.39, 0.29) is 0 Å². The Balaban J connectivity index is 2.94. The van der Waals surface area contributed by atoms with Crippen molar-refractivity contribution in [2.45, 2.75) is 0 Å². The van der Waals surface area contributed by atoms with Crippen molar-refractivity contribution in [3.05, 3.63) is 29.8 Å². The topological polar surface area (TPSA) is 27.0 Å². The van der Waals surface area contributed by atoms with Crippen molar-refractivity contribution in [3.63, 3.8) is 0 Å². The van der Waals surface area contributed by atoms with Crippen LogP contribution in [0.1, 0.15) is 5.56 Å². The number of benzene rings is 1. The van der Waals surface area contributed by atoms with Crippen molar-refractivity contribution in [3.8, 4) is 6.07 Å². The molecule has 0 aliphatic heterocycles. The molecule has 0 saturated carbocycles. The summed E-state index contributed by atoms with van der Waals surface area (Å²) in [5, 5.41) is 8.51. The van der Waals surface area contributed by atoms with Gasteiger partial charge in [0.2, 0.25) is 0 Å². The molecule has 0 bridgehead atoms. The zero-order chi connectivity index (χ0) is 8.27. The van der Waals surface area contributed by atoms with Crippen molar-refractivity contribution in [1.82, 2.24) is 0 Å². The maximum atomic E-state index is 8.51. The lowest BCUT2D eigenvalue weighted by Gasteiger charge is -2.11. The van der Waals surface area contributed by atoms with Crippen LogP contribution >= 0.6 is 0 Å². The average molecular weight is 162 g/mol. The smallest absolute Gasteiger partial charge is 0.107 e. The molecule has 0 N–H and O–H groups in total. The van der Waals surface area contributed by atoms with Crippen LogP contribution in [0.5, 0.6) is 0 Å². The summed E-state index contributed by atoms with van der Waals surface area (Å²) < 4.78 is 2.14. The number of hydrogen-bond acceptors (Lipinski definition) is 2. The van der Waals surface area contributed by atoms with Gasteiger partial charge in [0.05, 0.1) is 11.6 Å². The highest BCUT2D eigenvalue weighted by Gasteiger charge is 1.92. The maximum absolute atomic E-state index is 8.51. The third-order valence-electron chi connectivity index (χ3n) is 1.51. The van der Waals surface area contributed by atoms with Crippen LogP contribution in [-0.4, -0.2) is 17.5 Å². The molecular formula is C8H10N2Si. The Morgan fingerprint density at radius 1 is 1.36 bits per heavy atom. The van der Waals surface area contributed by atoms with E-state index in [4.69, 9.17) is 5.26 Å². The van der Waals surface area contributed by atoms with Crippen LogP contribution in [0, 0.1) is 11.3 Å². The minimum absolute atomic E-state index is 0.720. The molecule has 0 atom stereocenters. The van der Waals surface area contributed by atoms with Crippen LogP contribution in [0.3, 0.4) is 0 Å². The van der Waals surface area contributed by atoms with Crippen LogP contribution in [-0.2, 0) is 0 Å². The lowest BCUT2D eigenvalue weighted by atomic mass is 10.2. The average Bonchev–Trinajstić information content (AvgIpc) is 2.05. The van der Waals surface area contributed by atoms with E-state index >= 15 is 0 Å². The molecule has 0 spiro atoms. The lowest BCUT2D eigenvalue weighted by Crippen LogP contribution is -2.10. The first-order valence-electron chi connectivity index (χ1n) is 3.41. The van der Waals surface area contributed by atoms with Crippen molar-refractivity contribution in [2.75, 3.05) is 11.6 Å². The second-order valence-corrected chi connectivity index (χ2v) is 3.89. The summed E-state index contributed by atoms with van der Waals surface area (Å²) in [4.78, 5) is 0. The van der Waals surface area contributed by atoms with Crippen molar-refractivity contribution >= 4 is 16.1 Å². The third-order valence-corrected chi connectivity index (χ3v) is 2.03. The minimum Gasteiger partial charge on any atom is -0.409 e. The van der Waals surface area contributed by atoms with Crippen LogP contribution in [0.2, 0.25) is 0 Å². The molecule has 0 aliphatic carbocycles. The molecule has 11 heavy (non-hydrogen) atoms. The summed E-state index contributed by atoms with van der Waals surface area (Å²) in [5.41, 5.74) is 1.90. The fourth-order valence-corrected chi connectivity index (χ4v) is 1.13. The van der Waals surface area contributed by atoms with Crippen LogP contribution in [0.4, 0.5) is 5.69 Å². The number of rotatable bonds is 1. The first-order chi connectivity index (χ1) is 5.24. The molecule has 0 aliphatic rings. The summed E-state index contributed by atoms with van der Waals surface area (Å²) >= 11 is 0. The Morgan fingerprint density at radius 3 is 2.27 bits per heavy atom. The van der Waals surface area contributed by atoms with Crippen molar-refractivity contribution in [1.29, 1.82) is 5.26 Å². The zero-order valence-electron chi connectivity index (χ0n) is 6.70. The summed E-state index contributed by atoms with van der Waals surface area (Å²) in [6.07, 6.45) is 0. The lowest BCUT2D eigenvalue weighted by molar-refractivity contribution is 1.34. The molecule has 0 unspecified atom stereocenters. The molecule has 0 aromatic heterocycles. The minimum atomic E-state index is 0.720. The van der Waals surface area contributed by atoms with Gasteiger partial charge in [-0.1, -0.05) is 0 Å². The molecule has 0 amide bonds. The van der Waals surface area contributed by atoms with Gasteiger partial charge < -0.3 is 4.57 Å². The SMILES string of the molecule is CN([SiH3])c1ccc(C#N)cc1. The Morgan fingerprint density at radius 2 is 1.91 bits per heavy atom. The number of anilines is 1. The number of nitriles is 1. The quantitative estimate of drug-likeness (QED) is 0.554. The van der Waals surface area contributed by atoms with Gasteiger partial charge in [-0.2, -0.15) is 5.26 Å². The monoisotopic (exact) mass is 162 g/mol. The second kappa shape index (κ2) is 3.22. The Hall–Kier alpha value is -1.27. The number of hydrogen-bond donors (Lipinski definition) is 0. The van der Waals surface area contributed by atoms with E-state index < -0.39 is 0 Å².